The van der Waals surface area contributed by atoms with Crippen LogP contribution >= 0.6 is 0 Å². The van der Waals surface area contributed by atoms with Crippen LogP contribution in [-0.2, 0) is 4.79 Å². The second-order valence-electron chi connectivity index (χ2n) is 5.53. The number of carbonyl (C=O) groups excluding carboxylic acids is 1. The lowest BCUT2D eigenvalue weighted by atomic mass is 10.1. The minimum absolute atomic E-state index is 0.00682. The summed E-state index contributed by atoms with van der Waals surface area (Å²) >= 11 is 0. The number of nitrogens with two attached hydrogens (primary N) is 1. The molecule has 6 heteroatoms. The summed E-state index contributed by atoms with van der Waals surface area (Å²) in [6, 6.07) is 7.01. The maximum Gasteiger partial charge on any atom is 0.260 e. The molecule has 0 bridgehead atoms. The molecule has 114 valence electrons. The van der Waals surface area contributed by atoms with Crippen molar-refractivity contribution in [3.05, 3.63) is 29.8 Å². The van der Waals surface area contributed by atoms with E-state index in [1.165, 1.54) is 0 Å². The van der Waals surface area contributed by atoms with Crippen molar-refractivity contribution >= 4 is 11.7 Å². The van der Waals surface area contributed by atoms with E-state index in [9.17, 15) is 4.79 Å². The van der Waals surface area contributed by atoms with Gasteiger partial charge in [-0.3, -0.25) is 4.79 Å². The Morgan fingerprint density at radius 1 is 1.43 bits per heavy atom. The van der Waals surface area contributed by atoms with Gasteiger partial charge in [-0.05, 0) is 43.5 Å². The summed E-state index contributed by atoms with van der Waals surface area (Å²) in [5, 5.41) is 11.5. The lowest BCUT2D eigenvalue weighted by Crippen LogP contribution is -2.37. The van der Waals surface area contributed by atoms with Crippen LogP contribution in [0.2, 0.25) is 0 Å². The Kier molecular flexibility index (Phi) is 4.67. The van der Waals surface area contributed by atoms with E-state index in [1.807, 2.05) is 4.90 Å². The maximum atomic E-state index is 12.1. The van der Waals surface area contributed by atoms with E-state index in [0.29, 0.717) is 17.2 Å². The second-order valence-corrected chi connectivity index (χ2v) is 5.53. The molecule has 1 aromatic rings. The average Bonchev–Trinajstić information content (AvgIpc) is 2.83. The molecular formula is C15H21N3O3. The van der Waals surface area contributed by atoms with Gasteiger partial charge in [0.1, 0.15) is 5.75 Å². The number of ether oxygens (including phenoxy) is 1. The van der Waals surface area contributed by atoms with E-state index < -0.39 is 0 Å². The third-order valence-electron chi connectivity index (χ3n) is 3.72. The lowest BCUT2D eigenvalue weighted by Gasteiger charge is -2.21. The van der Waals surface area contributed by atoms with Crippen LogP contribution in [0.1, 0.15) is 25.8 Å². The van der Waals surface area contributed by atoms with Crippen molar-refractivity contribution in [1.82, 2.24) is 4.90 Å². The zero-order valence-electron chi connectivity index (χ0n) is 12.3. The molecule has 0 radical (unpaired) electrons. The molecule has 1 amide bonds. The van der Waals surface area contributed by atoms with Crippen LogP contribution in [0.15, 0.2) is 29.4 Å². The van der Waals surface area contributed by atoms with Gasteiger partial charge in [-0.15, -0.1) is 0 Å². The van der Waals surface area contributed by atoms with Crippen molar-refractivity contribution in [2.24, 2.45) is 16.8 Å². The predicted molar refractivity (Wildman–Crippen MR) is 79.4 cm³/mol. The van der Waals surface area contributed by atoms with Crippen LogP contribution in [0.25, 0.3) is 0 Å². The Bertz CT molecular complexity index is 527. The molecule has 0 spiro atoms. The molecular weight excluding hydrogens is 270 g/mol. The maximum absolute atomic E-state index is 12.1. The van der Waals surface area contributed by atoms with E-state index in [1.54, 1.807) is 24.3 Å². The molecule has 2 rings (SSSR count). The van der Waals surface area contributed by atoms with Gasteiger partial charge in [-0.1, -0.05) is 12.1 Å². The molecule has 3 N–H and O–H groups in total. The average molecular weight is 291 g/mol. The van der Waals surface area contributed by atoms with E-state index in [0.717, 1.165) is 13.0 Å². The highest BCUT2D eigenvalue weighted by Gasteiger charge is 2.29. The van der Waals surface area contributed by atoms with Gasteiger partial charge in [-0.25, -0.2) is 0 Å². The first-order valence-corrected chi connectivity index (χ1v) is 7.01. The number of rotatable bonds is 4. The molecule has 2 atom stereocenters. The summed E-state index contributed by atoms with van der Waals surface area (Å²) in [5.74, 6) is 1.17. The molecule has 0 aromatic heterocycles. The number of amides is 1. The van der Waals surface area contributed by atoms with Gasteiger partial charge in [0.2, 0.25) is 0 Å². The number of benzene rings is 1. The molecule has 1 aromatic carbocycles. The van der Waals surface area contributed by atoms with Gasteiger partial charge < -0.3 is 20.6 Å². The Morgan fingerprint density at radius 2 is 2.10 bits per heavy atom. The van der Waals surface area contributed by atoms with Crippen molar-refractivity contribution in [2.75, 3.05) is 13.2 Å². The first-order chi connectivity index (χ1) is 10.0. The van der Waals surface area contributed by atoms with Crippen molar-refractivity contribution in [2.45, 2.75) is 26.3 Å². The summed E-state index contributed by atoms with van der Waals surface area (Å²) < 4.78 is 5.50. The summed E-state index contributed by atoms with van der Waals surface area (Å²) in [7, 11) is 0. The van der Waals surface area contributed by atoms with Crippen molar-refractivity contribution < 1.29 is 14.7 Å². The van der Waals surface area contributed by atoms with E-state index in [2.05, 4.69) is 19.0 Å². The highest BCUT2D eigenvalue weighted by molar-refractivity contribution is 5.97. The summed E-state index contributed by atoms with van der Waals surface area (Å²) in [6.07, 6.45) is 1.04. The Balaban J connectivity index is 1.90. The van der Waals surface area contributed by atoms with Crippen LogP contribution in [0.3, 0.4) is 0 Å². The molecule has 1 aliphatic heterocycles. The fourth-order valence-corrected chi connectivity index (χ4v) is 2.66. The normalized spacial score (nSPS) is 22.4. The molecule has 21 heavy (non-hydrogen) atoms. The van der Waals surface area contributed by atoms with E-state index in [4.69, 9.17) is 15.7 Å². The highest BCUT2D eigenvalue weighted by Crippen LogP contribution is 2.22. The minimum Gasteiger partial charge on any atom is -0.484 e. The van der Waals surface area contributed by atoms with Gasteiger partial charge in [0, 0.05) is 18.2 Å². The quantitative estimate of drug-likeness (QED) is 0.380. The van der Waals surface area contributed by atoms with Crippen molar-refractivity contribution in [3.63, 3.8) is 0 Å². The second kappa shape index (κ2) is 6.47. The van der Waals surface area contributed by atoms with Crippen LogP contribution in [0.4, 0.5) is 0 Å². The molecule has 2 unspecified atom stereocenters. The van der Waals surface area contributed by atoms with Gasteiger partial charge in [0.25, 0.3) is 5.91 Å². The predicted octanol–water partition coefficient (Wildman–Crippen LogP) is 1.42. The van der Waals surface area contributed by atoms with Crippen LogP contribution in [-0.4, -0.2) is 41.0 Å². The molecule has 1 aliphatic rings. The molecule has 0 aliphatic carbocycles. The number of likely N-dealkylation sites (tertiary alicyclic amines) is 1. The molecule has 6 nitrogen and oxygen atoms in total. The number of oxime groups is 1. The number of carbonyl (C=O) groups is 1. The SMILES string of the molecule is CC1CC(C)N(C(=O)COc2ccc(/C(N)=N/O)cc2)C1. The summed E-state index contributed by atoms with van der Waals surface area (Å²) in [6.45, 7) is 5.04. The first kappa shape index (κ1) is 15.2. The minimum atomic E-state index is 0.00682. The number of amidine groups is 1. The molecule has 1 saturated heterocycles. The van der Waals surface area contributed by atoms with Crippen LogP contribution in [0, 0.1) is 5.92 Å². The number of hydrogen-bond acceptors (Lipinski definition) is 4. The number of hydrogen-bond donors (Lipinski definition) is 2. The fraction of sp³-hybridized carbons (Fsp3) is 0.467. The zero-order chi connectivity index (χ0) is 15.4. The van der Waals surface area contributed by atoms with Gasteiger partial charge in [0.05, 0.1) is 0 Å². The Morgan fingerprint density at radius 3 is 2.62 bits per heavy atom. The lowest BCUT2D eigenvalue weighted by molar-refractivity contribution is -0.134. The molecule has 0 saturated carbocycles. The Labute approximate surface area is 124 Å². The topological polar surface area (TPSA) is 88.2 Å². The largest absolute Gasteiger partial charge is 0.484 e. The summed E-state index contributed by atoms with van der Waals surface area (Å²) in [5.41, 5.74) is 6.07. The van der Waals surface area contributed by atoms with Gasteiger partial charge in [-0.2, -0.15) is 0 Å². The highest BCUT2D eigenvalue weighted by atomic mass is 16.5. The summed E-state index contributed by atoms with van der Waals surface area (Å²) in [4.78, 5) is 14.0. The van der Waals surface area contributed by atoms with Crippen LogP contribution in [0.5, 0.6) is 5.75 Å². The third-order valence-corrected chi connectivity index (χ3v) is 3.72. The van der Waals surface area contributed by atoms with Gasteiger partial charge >= 0.3 is 0 Å². The molecule has 1 fully saturated rings. The zero-order valence-corrected chi connectivity index (χ0v) is 12.3. The monoisotopic (exact) mass is 291 g/mol. The first-order valence-electron chi connectivity index (χ1n) is 7.01. The third kappa shape index (κ3) is 3.65. The van der Waals surface area contributed by atoms with Crippen LogP contribution < -0.4 is 10.5 Å². The molecule has 1 heterocycles. The van der Waals surface area contributed by atoms with E-state index >= 15 is 0 Å². The van der Waals surface area contributed by atoms with Crippen molar-refractivity contribution in [3.8, 4) is 5.75 Å². The van der Waals surface area contributed by atoms with Crippen molar-refractivity contribution in [1.29, 1.82) is 0 Å². The smallest absolute Gasteiger partial charge is 0.260 e. The van der Waals surface area contributed by atoms with E-state index in [-0.39, 0.29) is 24.4 Å². The fourth-order valence-electron chi connectivity index (χ4n) is 2.66. The number of nitrogens with zero attached hydrogens (tertiary/aromatic N) is 2. The van der Waals surface area contributed by atoms with Gasteiger partial charge in [0.15, 0.2) is 12.4 Å². The standard InChI is InChI=1S/C15H21N3O3/c1-10-7-11(2)18(8-10)14(19)9-21-13-5-3-12(4-6-13)15(16)17-20/h3-6,10-11,20H,7-9H2,1-2H3,(H2,16,17). The Hall–Kier alpha value is -2.24.